The third-order valence-electron chi connectivity index (χ3n) is 5.54. The highest BCUT2D eigenvalue weighted by molar-refractivity contribution is 14.0. The summed E-state index contributed by atoms with van der Waals surface area (Å²) in [6.07, 6.45) is 2.41. The van der Waals surface area contributed by atoms with Crippen LogP contribution in [0.4, 0.5) is 0 Å². The molecule has 0 radical (unpaired) electrons. The maximum absolute atomic E-state index is 10.1. The molecule has 1 atom stereocenters. The van der Waals surface area contributed by atoms with E-state index in [2.05, 4.69) is 52.8 Å². The summed E-state index contributed by atoms with van der Waals surface area (Å²) in [7, 11) is 3.05. The van der Waals surface area contributed by atoms with Crippen LogP contribution in [-0.4, -0.2) is 55.9 Å². The molecule has 0 spiro atoms. The second kappa shape index (κ2) is 13.4. The smallest absolute Gasteiger partial charge is 0.200 e. The summed E-state index contributed by atoms with van der Waals surface area (Å²) in [6.45, 7) is 6.24. The normalized spacial score (nSPS) is 16.3. The summed E-state index contributed by atoms with van der Waals surface area (Å²) < 4.78 is 10.5. The first kappa shape index (κ1) is 26.1. The Morgan fingerprint density at radius 3 is 2.41 bits per heavy atom. The van der Waals surface area contributed by atoms with E-state index in [1.165, 1.54) is 32.6 Å². The SMILES string of the molecule is CCNC(=NCc1cc(OC)c(O)c(OC)c1)NCC1CCCN1Cc1ccccc1.I. The molecule has 1 aliphatic rings. The zero-order valence-electron chi connectivity index (χ0n) is 19.1. The lowest BCUT2D eigenvalue weighted by molar-refractivity contribution is 0.245. The highest BCUT2D eigenvalue weighted by atomic mass is 127. The van der Waals surface area contributed by atoms with E-state index in [-0.39, 0.29) is 29.7 Å². The van der Waals surface area contributed by atoms with Gasteiger partial charge in [0.2, 0.25) is 5.75 Å². The zero-order chi connectivity index (χ0) is 22.1. The Labute approximate surface area is 208 Å². The standard InChI is InChI=1S/C24H34N4O3.HI/c1-4-25-24(26-15-19-13-21(30-2)23(29)22(14-19)31-3)27-16-20-11-8-12-28(20)17-18-9-6-5-7-10-18;/h5-7,9-10,13-14,20,29H,4,8,11-12,15-17H2,1-3H3,(H2,25,26,27);1H. The number of guanidine groups is 1. The van der Waals surface area contributed by atoms with Crippen LogP contribution in [0.3, 0.4) is 0 Å². The molecule has 1 unspecified atom stereocenters. The number of methoxy groups -OCH3 is 2. The van der Waals surface area contributed by atoms with E-state index in [0.29, 0.717) is 24.1 Å². The molecule has 3 rings (SSSR count). The molecule has 2 aromatic carbocycles. The van der Waals surface area contributed by atoms with Gasteiger partial charge in [-0.05, 0) is 49.6 Å². The fourth-order valence-corrected chi connectivity index (χ4v) is 3.92. The van der Waals surface area contributed by atoms with Crippen LogP contribution < -0.4 is 20.1 Å². The van der Waals surface area contributed by atoms with Gasteiger partial charge in [-0.15, -0.1) is 24.0 Å². The average Bonchev–Trinajstić information content (AvgIpc) is 3.23. The van der Waals surface area contributed by atoms with E-state index < -0.39 is 0 Å². The Hall–Kier alpha value is -2.20. The maximum atomic E-state index is 10.1. The molecule has 2 aromatic rings. The number of ether oxygens (including phenoxy) is 2. The molecular weight excluding hydrogens is 519 g/mol. The van der Waals surface area contributed by atoms with E-state index in [1.54, 1.807) is 12.1 Å². The van der Waals surface area contributed by atoms with Gasteiger partial charge in [-0.1, -0.05) is 30.3 Å². The third kappa shape index (κ3) is 7.16. The number of nitrogens with one attached hydrogen (secondary N) is 2. The van der Waals surface area contributed by atoms with Crippen LogP contribution in [0.1, 0.15) is 30.9 Å². The van der Waals surface area contributed by atoms with Gasteiger partial charge in [0.1, 0.15) is 0 Å². The van der Waals surface area contributed by atoms with Gasteiger partial charge in [-0.25, -0.2) is 4.99 Å². The highest BCUT2D eigenvalue weighted by Crippen LogP contribution is 2.37. The van der Waals surface area contributed by atoms with E-state index in [0.717, 1.165) is 37.7 Å². The summed E-state index contributed by atoms with van der Waals surface area (Å²) in [5.41, 5.74) is 2.25. The van der Waals surface area contributed by atoms with E-state index in [1.807, 2.05) is 0 Å². The van der Waals surface area contributed by atoms with Crippen molar-refractivity contribution in [3.05, 3.63) is 53.6 Å². The van der Waals surface area contributed by atoms with E-state index in [9.17, 15) is 5.11 Å². The van der Waals surface area contributed by atoms with Crippen molar-refractivity contribution in [2.24, 2.45) is 4.99 Å². The van der Waals surface area contributed by atoms with Gasteiger partial charge in [-0.2, -0.15) is 0 Å². The molecule has 8 heteroatoms. The van der Waals surface area contributed by atoms with E-state index >= 15 is 0 Å². The van der Waals surface area contributed by atoms with Crippen LogP contribution in [0.2, 0.25) is 0 Å². The number of benzene rings is 2. The molecule has 32 heavy (non-hydrogen) atoms. The molecule has 176 valence electrons. The van der Waals surface area contributed by atoms with Gasteiger partial charge < -0.3 is 25.2 Å². The number of aromatic hydroxyl groups is 1. The molecule has 0 amide bonds. The van der Waals surface area contributed by atoms with Gasteiger partial charge in [0, 0.05) is 25.7 Å². The molecule has 1 fully saturated rings. The lowest BCUT2D eigenvalue weighted by atomic mass is 10.2. The summed E-state index contributed by atoms with van der Waals surface area (Å²) in [5, 5.41) is 16.9. The van der Waals surface area contributed by atoms with Crippen molar-refractivity contribution in [3.8, 4) is 17.2 Å². The predicted molar refractivity (Wildman–Crippen MR) is 139 cm³/mol. The maximum Gasteiger partial charge on any atom is 0.200 e. The molecule has 0 saturated carbocycles. The first-order valence-electron chi connectivity index (χ1n) is 10.9. The molecule has 0 aromatic heterocycles. The van der Waals surface area contributed by atoms with Crippen LogP contribution in [0.25, 0.3) is 0 Å². The second-order valence-corrected chi connectivity index (χ2v) is 7.68. The van der Waals surface area contributed by atoms with Crippen molar-refractivity contribution in [2.45, 2.75) is 38.9 Å². The van der Waals surface area contributed by atoms with Crippen molar-refractivity contribution >= 4 is 29.9 Å². The second-order valence-electron chi connectivity index (χ2n) is 7.68. The number of likely N-dealkylation sites (tertiary alicyclic amines) is 1. The molecule has 1 aliphatic heterocycles. The third-order valence-corrected chi connectivity index (χ3v) is 5.54. The molecule has 1 saturated heterocycles. The summed E-state index contributed by atoms with van der Waals surface area (Å²) in [6, 6.07) is 14.7. The lowest BCUT2D eigenvalue weighted by Gasteiger charge is -2.25. The lowest BCUT2D eigenvalue weighted by Crippen LogP contribution is -2.44. The number of aliphatic imine (C=N–C) groups is 1. The average molecular weight is 554 g/mol. The minimum atomic E-state index is 0. The molecule has 1 heterocycles. The van der Waals surface area contributed by atoms with Crippen LogP contribution in [0.5, 0.6) is 17.2 Å². The molecular formula is C24H35IN4O3. The number of phenols is 1. The van der Waals surface area contributed by atoms with Crippen molar-refractivity contribution in [3.63, 3.8) is 0 Å². The van der Waals surface area contributed by atoms with Gasteiger partial charge in [0.15, 0.2) is 17.5 Å². The Bertz CT molecular complexity index is 839. The minimum Gasteiger partial charge on any atom is -0.502 e. The molecule has 3 N–H and O–H groups in total. The zero-order valence-corrected chi connectivity index (χ0v) is 21.5. The number of halogens is 1. The summed E-state index contributed by atoms with van der Waals surface area (Å²) >= 11 is 0. The molecule has 0 bridgehead atoms. The Morgan fingerprint density at radius 2 is 1.78 bits per heavy atom. The topological polar surface area (TPSA) is 78.4 Å². The highest BCUT2D eigenvalue weighted by Gasteiger charge is 2.24. The summed E-state index contributed by atoms with van der Waals surface area (Å²) in [5.74, 6) is 1.54. The monoisotopic (exact) mass is 554 g/mol. The van der Waals surface area contributed by atoms with Crippen molar-refractivity contribution in [1.29, 1.82) is 0 Å². The molecule has 7 nitrogen and oxygen atoms in total. The van der Waals surface area contributed by atoms with Crippen LogP contribution >= 0.6 is 24.0 Å². The largest absolute Gasteiger partial charge is 0.502 e. The first-order valence-corrected chi connectivity index (χ1v) is 10.9. The van der Waals surface area contributed by atoms with Crippen LogP contribution in [0.15, 0.2) is 47.5 Å². The first-order chi connectivity index (χ1) is 15.1. The molecule has 0 aliphatic carbocycles. The Morgan fingerprint density at radius 1 is 1.09 bits per heavy atom. The van der Waals surface area contributed by atoms with Crippen molar-refractivity contribution in [1.82, 2.24) is 15.5 Å². The van der Waals surface area contributed by atoms with Crippen LogP contribution in [0, 0.1) is 0 Å². The van der Waals surface area contributed by atoms with Gasteiger partial charge >= 0.3 is 0 Å². The van der Waals surface area contributed by atoms with E-state index in [4.69, 9.17) is 14.5 Å². The van der Waals surface area contributed by atoms with Gasteiger partial charge in [-0.3, -0.25) is 4.90 Å². The quantitative estimate of drug-likeness (QED) is 0.249. The van der Waals surface area contributed by atoms with Crippen molar-refractivity contribution < 1.29 is 14.6 Å². The summed E-state index contributed by atoms with van der Waals surface area (Å²) in [4.78, 5) is 7.26. The fraction of sp³-hybridized carbons (Fsp3) is 0.458. The number of phenolic OH excluding ortho intramolecular Hbond substituents is 1. The number of hydrogen-bond donors (Lipinski definition) is 3. The van der Waals surface area contributed by atoms with Crippen LogP contribution in [-0.2, 0) is 13.1 Å². The minimum absolute atomic E-state index is 0. The number of hydrogen-bond acceptors (Lipinski definition) is 5. The fourth-order valence-electron chi connectivity index (χ4n) is 3.92. The van der Waals surface area contributed by atoms with Gasteiger partial charge in [0.25, 0.3) is 0 Å². The van der Waals surface area contributed by atoms with Gasteiger partial charge in [0.05, 0.1) is 20.8 Å². The number of nitrogens with zero attached hydrogens (tertiary/aromatic N) is 2. The Balaban J connectivity index is 0.00000363. The number of rotatable bonds is 9. The Kier molecular flexibility index (Phi) is 10.9. The van der Waals surface area contributed by atoms with Crippen molar-refractivity contribution in [2.75, 3.05) is 33.9 Å². The predicted octanol–water partition coefficient (Wildman–Crippen LogP) is 3.75.